The second-order valence-corrected chi connectivity index (χ2v) is 6.55. The first-order valence-corrected chi connectivity index (χ1v) is 8.42. The Hall–Kier alpha value is -3.00. The molecular weight excluding hydrogens is 342 g/mol. The van der Waals surface area contributed by atoms with E-state index in [0.717, 1.165) is 22.6 Å². The summed E-state index contributed by atoms with van der Waals surface area (Å²) in [6.45, 7) is 1.93. The van der Waals surface area contributed by atoms with Gasteiger partial charge in [-0.1, -0.05) is 19.1 Å². The van der Waals surface area contributed by atoms with E-state index in [0.29, 0.717) is 12.1 Å². The number of carbonyl (C=O) groups is 3. The fraction of sp³-hybridized carbons (Fsp3) is 0.176. The number of hydrogen-bond acceptors (Lipinski definition) is 5. The molecule has 0 aliphatic carbocycles. The number of nitrogens with one attached hydrogen (secondary N) is 2. The zero-order valence-corrected chi connectivity index (χ0v) is 14.1. The van der Waals surface area contributed by atoms with Gasteiger partial charge in [0.1, 0.15) is 4.88 Å². The largest absolute Gasteiger partial charge is 0.478 e. The van der Waals surface area contributed by atoms with Gasteiger partial charge in [-0.25, -0.2) is 10.2 Å². The summed E-state index contributed by atoms with van der Waals surface area (Å²) in [7, 11) is 0. The van der Waals surface area contributed by atoms with Gasteiger partial charge >= 0.3 is 5.97 Å². The molecule has 7 nitrogen and oxygen atoms in total. The normalized spacial score (nSPS) is 16.8. The number of anilines is 1. The molecule has 3 N–H and O–H groups in total. The SMILES string of the molecule is CC1CC(=O)NN=C1c1ccc(NC(=O)c2sccc2C(=O)O)cc1. The minimum atomic E-state index is -1.13. The number of carboxylic acid groups (broad SMARTS) is 1. The van der Waals surface area contributed by atoms with Gasteiger partial charge in [-0.2, -0.15) is 5.10 Å². The van der Waals surface area contributed by atoms with E-state index in [2.05, 4.69) is 15.8 Å². The molecule has 2 aromatic rings. The lowest BCUT2D eigenvalue weighted by Gasteiger charge is -2.19. The van der Waals surface area contributed by atoms with Crippen LogP contribution in [0.2, 0.25) is 0 Å². The van der Waals surface area contributed by atoms with Crippen LogP contribution in [-0.2, 0) is 4.79 Å². The van der Waals surface area contributed by atoms with Crippen LogP contribution in [0, 0.1) is 5.92 Å². The van der Waals surface area contributed by atoms with E-state index in [4.69, 9.17) is 5.11 Å². The Balaban J connectivity index is 1.75. The topological polar surface area (TPSA) is 108 Å². The van der Waals surface area contributed by atoms with E-state index >= 15 is 0 Å². The van der Waals surface area contributed by atoms with Gasteiger partial charge in [-0.05, 0) is 29.1 Å². The van der Waals surface area contributed by atoms with Crippen molar-refractivity contribution in [1.82, 2.24) is 5.43 Å². The molecule has 0 spiro atoms. The summed E-state index contributed by atoms with van der Waals surface area (Å²) >= 11 is 1.08. The highest BCUT2D eigenvalue weighted by Crippen LogP contribution is 2.21. The van der Waals surface area contributed by atoms with Crippen molar-refractivity contribution >= 4 is 40.5 Å². The van der Waals surface area contributed by atoms with Crippen molar-refractivity contribution in [3.05, 3.63) is 51.7 Å². The van der Waals surface area contributed by atoms with Crippen LogP contribution in [-0.4, -0.2) is 28.6 Å². The number of amides is 2. The van der Waals surface area contributed by atoms with Gasteiger partial charge in [0.05, 0.1) is 11.3 Å². The number of nitrogens with zero attached hydrogens (tertiary/aromatic N) is 1. The Labute approximate surface area is 147 Å². The second-order valence-electron chi connectivity index (χ2n) is 5.64. The third kappa shape index (κ3) is 3.58. The summed E-state index contributed by atoms with van der Waals surface area (Å²) in [5.41, 5.74) is 4.64. The molecule has 128 valence electrons. The van der Waals surface area contributed by atoms with Gasteiger partial charge in [0.25, 0.3) is 5.91 Å². The van der Waals surface area contributed by atoms with Crippen molar-refractivity contribution in [3.8, 4) is 0 Å². The Morgan fingerprint density at radius 1 is 1.28 bits per heavy atom. The molecule has 1 aromatic carbocycles. The minimum absolute atomic E-state index is 0.0124. The highest BCUT2D eigenvalue weighted by Gasteiger charge is 2.22. The first kappa shape index (κ1) is 16.8. The zero-order chi connectivity index (χ0) is 18.0. The van der Waals surface area contributed by atoms with Crippen LogP contribution in [0.5, 0.6) is 0 Å². The summed E-state index contributed by atoms with van der Waals surface area (Å²) < 4.78 is 0. The van der Waals surface area contributed by atoms with Gasteiger partial charge in [0.15, 0.2) is 0 Å². The van der Waals surface area contributed by atoms with Gasteiger partial charge in [-0.3, -0.25) is 9.59 Å². The molecule has 3 rings (SSSR count). The highest BCUT2D eigenvalue weighted by atomic mass is 32.1. The molecule has 8 heteroatoms. The summed E-state index contributed by atoms with van der Waals surface area (Å²) in [6, 6.07) is 8.44. The fourth-order valence-electron chi connectivity index (χ4n) is 2.57. The van der Waals surface area contributed by atoms with Crippen LogP contribution < -0.4 is 10.7 Å². The van der Waals surface area contributed by atoms with E-state index in [1.54, 1.807) is 29.6 Å². The molecule has 1 atom stereocenters. The smallest absolute Gasteiger partial charge is 0.337 e. The Morgan fingerprint density at radius 3 is 2.64 bits per heavy atom. The van der Waals surface area contributed by atoms with Gasteiger partial charge < -0.3 is 10.4 Å². The molecule has 2 amide bonds. The number of thiophene rings is 1. The molecule has 0 saturated carbocycles. The summed E-state index contributed by atoms with van der Waals surface area (Å²) in [4.78, 5) is 34.8. The number of hydrogen-bond donors (Lipinski definition) is 3. The summed E-state index contributed by atoms with van der Waals surface area (Å²) in [5, 5.41) is 17.4. The van der Waals surface area contributed by atoms with Crippen molar-refractivity contribution in [2.75, 3.05) is 5.32 Å². The molecule has 2 heterocycles. The quantitative estimate of drug-likeness (QED) is 0.781. The number of carbonyl (C=O) groups excluding carboxylic acids is 2. The average Bonchev–Trinajstić information content (AvgIpc) is 3.06. The molecule has 0 bridgehead atoms. The van der Waals surface area contributed by atoms with Crippen molar-refractivity contribution in [3.63, 3.8) is 0 Å². The first-order valence-electron chi connectivity index (χ1n) is 7.54. The zero-order valence-electron chi connectivity index (χ0n) is 13.3. The minimum Gasteiger partial charge on any atom is -0.478 e. The summed E-state index contributed by atoms with van der Waals surface area (Å²) in [6.07, 6.45) is 0.383. The van der Waals surface area contributed by atoms with Crippen molar-refractivity contribution in [2.45, 2.75) is 13.3 Å². The van der Waals surface area contributed by atoms with Crippen LogP contribution in [0.25, 0.3) is 0 Å². The molecule has 1 aliphatic rings. The van der Waals surface area contributed by atoms with Crippen molar-refractivity contribution < 1.29 is 19.5 Å². The Morgan fingerprint density at radius 2 is 2.00 bits per heavy atom. The number of carboxylic acids is 1. The average molecular weight is 357 g/mol. The lowest BCUT2D eigenvalue weighted by molar-refractivity contribution is -0.121. The second kappa shape index (κ2) is 6.86. The van der Waals surface area contributed by atoms with Crippen LogP contribution in [0.1, 0.15) is 38.9 Å². The monoisotopic (exact) mass is 357 g/mol. The fourth-order valence-corrected chi connectivity index (χ4v) is 3.35. The maximum atomic E-state index is 12.2. The van der Waals surface area contributed by atoms with Crippen molar-refractivity contribution in [1.29, 1.82) is 0 Å². The predicted octanol–water partition coefficient (Wildman–Crippen LogP) is 2.56. The molecular formula is C17H15N3O4S. The highest BCUT2D eigenvalue weighted by molar-refractivity contribution is 7.12. The number of rotatable bonds is 4. The van der Waals surface area contributed by atoms with Crippen LogP contribution in [0.3, 0.4) is 0 Å². The van der Waals surface area contributed by atoms with E-state index in [9.17, 15) is 14.4 Å². The molecule has 1 aliphatic heterocycles. The van der Waals surface area contributed by atoms with Gasteiger partial charge in [-0.15, -0.1) is 11.3 Å². The van der Waals surface area contributed by atoms with E-state index in [-0.39, 0.29) is 22.3 Å². The third-order valence-corrected chi connectivity index (χ3v) is 4.71. The maximum Gasteiger partial charge on any atom is 0.337 e. The van der Waals surface area contributed by atoms with Crippen LogP contribution in [0.15, 0.2) is 40.8 Å². The lowest BCUT2D eigenvalue weighted by atomic mass is 9.94. The molecule has 0 radical (unpaired) electrons. The van der Waals surface area contributed by atoms with Gasteiger partial charge in [0, 0.05) is 18.0 Å². The number of aromatic carboxylic acids is 1. The van der Waals surface area contributed by atoms with Gasteiger partial charge in [0.2, 0.25) is 5.91 Å². The summed E-state index contributed by atoms with van der Waals surface area (Å²) in [5.74, 6) is -1.69. The molecule has 0 fully saturated rings. The number of benzene rings is 1. The Kier molecular flexibility index (Phi) is 4.62. The van der Waals surface area contributed by atoms with E-state index < -0.39 is 11.9 Å². The van der Waals surface area contributed by atoms with Crippen molar-refractivity contribution in [2.24, 2.45) is 11.0 Å². The standard InChI is InChI=1S/C17H15N3O4S/c1-9-8-13(21)19-20-14(9)10-2-4-11(5-3-10)18-16(22)15-12(17(23)24)6-7-25-15/h2-7,9H,8H2,1H3,(H,18,22)(H,19,21)(H,23,24). The third-order valence-electron chi connectivity index (χ3n) is 3.80. The van der Waals surface area contributed by atoms with Crippen LogP contribution in [0.4, 0.5) is 5.69 Å². The molecule has 1 aromatic heterocycles. The Bertz CT molecular complexity index is 870. The molecule has 1 unspecified atom stereocenters. The van der Waals surface area contributed by atoms with Crippen LogP contribution >= 0.6 is 11.3 Å². The van der Waals surface area contributed by atoms with E-state index in [1.807, 2.05) is 6.92 Å². The predicted molar refractivity (Wildman–Crippen MR) is 94.1 cm³/mol. The molecule has 25 heavy (non-hydrogen) atoms. The first-order chi connectivity index (χ1) is 12.0. The lowest BCUT2D eigenvalue weighted by Crippen LogP contribution is -2.31. The van der Waals surface area contributed by atoms with E-state index in [1.165, 1.54) is 6.07 Å². The number of hydrazone groups is 1. The molecule has 0 saturated heterocycles. The maximum absolute atomic E-state index is 12.2.